The number of halogens is 1. The Bertz CT molecular complexity index is 370. The maximum Gasteiger partial charge on any atom is 0.270 e. The summed E-state index contributed by atoms with van der Waals surface area (Å²) in [6.07, 6.45) is 0. The molecule has 0 saturated heterocycles. The number of alkyl halides is 1. The Balaban J connectivity index is 2.80. The molecular formula is C10H12BrNO4. The summed E-state index contributed by atoms with van der Waals surface area (Å²) in [6.45, 7) is 0.910. The van der Waals surface area contributed by atoms with Crippen LogP contribution in [0.25, 0.3) is 0 Å². The van der Waals surface area contributed by atoms with Gasteiger partial charge in [-0.1, -0.05) is 15.9 Å². The second-order valence-electron chi connectivity index (χ2n) is 3.02. The predicted molar refractivity (Wildman–Crippen MR) is 63.1 cm³/mol. The van der Waals surface area contributed by atoms with Crippen LogP contribution in [-0.2, 0) is 10.1 Å². The first kappa shape index (κ1) is 12.9. The number of nitrogens with zero attached hydrogens (tertiary/aromatic N) is 1. The summed E-state index contributed by atoms with van der Waals surface area (Å²) in [7, 11) is 1.59. The molecule has 0 bridgehead atoms. The van der Waals surface area contributed by atoms with Crippen LogP contribution < -0.4 is 4.74 Å². The zero-order chi connectivity index (χ0) is 12.0. The molecule has 1 aromatic rings. The fraction of sp³-hybridized carbons (Fsp3) is 0.400. The fourth-order valence-corrected chi connectivity index (χ4v) is 1.60. The van der Waals surface area contributed by atoms with Crippen molar-refractivity contribution >= 4 is 21.6 Å². The summed E-state index contributed by atoms with van der Waals surface area (Å²) in [5, 5.41) is 11.1. The van der Waals surface area contributed by atoms with Crippen LogP contribution in [0.4, 0.5) is 5.69 Å². The van der Waals surface area contributed by atoms with Gasteiger partial charge in [0.15, 0.2) is 0 Å². The normalized spacial score (nSPS) is 10.1. The summed E-state index contributed by atoms with van der Waals surface area (Å²) in [6, 6.07) is 4.52. The first-order valence-corrected chi connectivity index (χ1v) is 5.76. The minimum atomic E-state index is -0.426. The number of rotatable bonds is 6. The quantitative estimate of drug-likeness (QED) is 0.349. The Kier molecular flexibility index (Phi) is 5.21. The molecule has 88 valence electrons. The monoisotopic (exact) mass is 289 g/mol. The Morgan fingerprint density at radius 2 is 2.19 bits per heavy atom. The average molecular weight is 290 g/mol. The zero-order valence-electron chi connectivity index (χ0n) is 8.81. The summed E-state index contributed by atoms with van der Waals surface area (Å²) in [5.74, 6) is 0.638. The van der Waals surface area contributed by atoms with E-state index in [4.69, 9.17) is 9.47 Å². The zero-order valence-corrected chi connectivity index (χ0v) is 10.4. The van der Waals surface area contributed by atoms with Gasteiger partial charge in [-0.2, -0.15) is 0 Å². The highest BCUT2D eigenvalue weighted by Gasteiger charge is 2.10. The van der Waals surface area contributed by atoms with Gasteiger partial charge in [0.2, 0.25) is 0 Å². The number of benzene rings is 1. The maximum atomic E-state index is 10.6. The molecule has 1 aromatic carbocycles. The van der Waals surface area contributed by atoms with Gasteiger partial charge in [-0.3, -0.25) is 10.1 Å². The summed E-state index contributed by atoms with van der Waals surface area (Å²) in [4.78, 5) is 10.1. The molecule has 16 heavy (non-hydrogen) atoms. The lowest BCUT2D eigenvalue weighted by molar-refractivity contribution is -0.384. The van der Waals surface area contributed by atoms with E-state index in [1.54, 1.807) is 13.2 Å². The molecule has 0 fully saturated rings. The van der Waals surface area contributed by atoms with E-state index in [2.05, 4.69) is 15.9 Å². The van der Waals surface area contributed by atoms with Crippen molar-refractivity contribution in [1.29, 1.82) is 0 Å². The van der Waals surface area contributed by atoms with E-state index < -0.39 is 4.92 Å². The first-order valence-electron chi connectivity index (χ1n) is 4.64. The highest BCUT2D eigenvalue weighted by atomic mass is 79.9. The molecule has 0 atom stereocenters. The van der Waals surface area contributed by atoms with Crippen LogP contribution in [0.1, 0.15) is 5.56 Å². The third-order valence-corrected chi connectivity index (χ3v) is 2.55. The number of hydrogen-bond donors (Lipinski definition) is 0. The Morgan fingerprint density at radius 3 is 2.75 bits per heavy atom. The van der Waals surface area contributed by atoms with Crippen molar-refractivity contribution in [3.63, 3.8) is 0 Å². The molecule has 0 unspecified atom stereocenters. The van der Waals surface area contributed by atoms with Gasteiger partial charge >= 0.3 is 0 Å². The topological polar surface area (TPSA) is 61.6 Å². The molecule has 0 N–H and O–H groups in total. The summed E-state index contributed by atoms with van der Waals surface area (Å²) in [5.41, 5.74) is 0.818. The Hall–Kier alpha value is -1.14. The number of nitro benzene ring substituents is 1. The van der Waals surface area contributed by atoms with Gasteiger partial charge in [-0.15, -0.1) is 0 Å². The van der Waals surface area contributed by atoms with Gasteiger partial charge < -0.3 is 9.47 Å². The molecule has 0 amide bonds. The van der Waals surface area contributed by atoms with Gasteiger partial charge in [0.05, 0.1) is 11.5 Å². The molecule has 0 aliphatic carbocycles. The van der Waals surface area contributed by atoms with Crippen LogP contribution in [0.15, 0.2) is 18.2 Å². The van der Waals surface area contributed by atoms with E-state index in [1.165, 1.54) is 12.1 Å². The second kappa shape index (κ2) is 6.44. The van der Waals surface area contributed by atoms with Crippen LogP contribution in [0, 0.1) is 10.1 Å². The van der Waals surface area contributed by atoms with Gasteiger partial charge in [0, 0.05) is 30.1 Å². The van der Waals surface area contributed by atoms with Crippen LogP contribution in [0.5, 0.6) is 5.75 Å². The van der Waals surface area contributed by atoms with Gasteiger partial charge in [0.1, 0.15) is 12.4 Å². The van der Waals surface area contributed by atoms with Crippen LogP contribution in [0.3, 0.4) is 0 Å². The van der Waals surface area contributed by atoms with Crippen molar-refractivity contribution in [1.82, 2.24) is 0 Å². The van der Waals surface area contributed by atoms with Gasteiger partial charge in [-0.25, -0.2) is 0 Å². The van der Waals surface area contributed by atoms with E-state index in [1.807, 2.05) is 0 Å². The molecule has 0 aliphatic rings. The summed E-state index contributed by atoms with van der Waals surface area (Å²) < 4.78 is 10.3. The number of ether oxygens (including phenoxy) is 2. The van der Waals surface area contributed by atoms with Crippen molar-refractivity contribution in [3.8, 4) is 5.75 Å². The second-order valence-corrected chi connectivity index (χ2v) is 3.58. The number of nitro groups is 1. The number of hydrogen-bond acceptors (Lipinski definition) is 4. The SMILES string of the molecule is COCCOc1ccc([N+](=O)[O-])cc1CBr. The molecule has 0 heterocycles. The molecular weight excluding hydrogens is 278 g/mol. The van der Waals surface area contributed by atoms with E-state index in [9.17, 15) is 10.1 Å². The molecule has 0 aromatic heterocycles. The molecule has 5 nitrogen and oxygen atoms in total. The largest absolute Gasteiger partial charge is 0.491 e. The minimum Gasteiger partial charge on any atom is -0.491 e. The Labute approximate surface area is 102 Å². The van der Waals surface area contributed by atoms with E-state index in [0.717, 1.165) is 5.56 Å². The molecule has 0 radical (unpaired) electrons. The lowest BCUT2D eigenvalue weighted by Crippen LogP contribution is -2.05. The lowest BCUT2D eigenvalue weighted by atomic mass is 10.2. The van der Waals surface area contributed by atoms with E-state index in [-0.39, 0.29) is 5.69 Å². The van der Waals surface area contributed by atoms with E-state index >= 15 is 0 Å². The van der Waals surface area contributed by atoms with E-state index in [0.29, 0.717) is 24.3 Å². The van der Waals surface area contributed by atoms with Crippen molar-refractivity contribution in [2.24, 2.45) is 0 Å². The first-order chi connectivity index (χ1) is 7.69. The van der Waals surface area contributed by atoms with Gasteiger partial charge in [0.25, 0.3) is 5.69 Å². The molecule has 6 heteroatoms. The van der Waals surface area contributed by atoms with Crippen molar-refractivity contribution in [2.75, 3.05) is 20.3 Å². The highest BCUT2D eigenvalue weighted by Crippen LogP contribution is 2.26. The molecule has 0 spiro atoms. The van der Waals surface area contributed by atoms with Crippen LogP contribution in [0.2, 0.25) is 0 Å². The number of methoxy groups -OCH3 is 1. The van der Waals surface area contributed by atoms with Crippen LogP contribution >= 0.6 is 15.9 Å². The third kappa shape index (κ3) is 3.46. The molecule has 0 saturated carbocycles. The van der Waals surface area contributed by atoms with Gasteiger partial charge in [-0.05, 0) is 6.07 Å². The number of non-ortho nitro benzene ring substituents is 1. The molecule has 1 rings (SSSR count). The highest BCUT2D eigenvalue weighted by molar-refractivity contribution is 9.08. The van der Waals surface area contributed by atoms with Crippen molar-refractivity contribution in [3.05, 3.63) is 33.9 Å². The summed E-state index contributed by atoms with van der Waals surface area (Å²) >= 11 is 3.27. The third-order valence-electron chi connectivity index (χ3n) is 1.94. The lowest BCUT2D eigenvalue weighted by Gasteiger charge is -2.09. The van der Waals surface area contributed by atoms with Crippen LogP contribution in [-0.4, -0.2) is 25.2 Å². The average Bonchev–Trinajstić information content (AvgIpc) is 2.29. The standard InChI is InChI=1S/C10H12BrNO4/c1-15-4-5-16-10-3-2-9(12(13)14)6-8(10)7-11/h2-3,6H,4-5,7H2,1H3. The molecule has 0 aliphatic heterocycles. The maximum absolute atomic E-state index is 10.6. The van der Waals surface area contributed by atoms with Crippen molar-refractivity contribution < 1.29 is 14.4 Å². The van der Waals surface area contributed by atoms with Crippen molar-refractivity contribution in [2.45, 2.75) is 5.33 Å². The Morgan fingerprint density at radius 1 is 1.44 bits per heavy atom. The fourth-order valence-electron chi connectivity index (χ4n) is 1.16. The smallest absolute Gasteiger partial charge is 0.270 e. The predicted octanol–water partition coefficient (Wildman–Crippen LogP) is 2.51. The minimum absolute atomic E-state index is 0.0635.